The van der Waals surface area contributed by atoms with Crippen molar-refractivity contribution in [3.8, 4) is 5.75 Å². The lowest BCUT2D eigenvalue weighted by Crippen LogP contribution is -2.42. The van der Waals surface area contributed by atoms with Gasteiger partial charge in [-0.25, -0.2) is 9.67 Å². The van der Waals surface area contributed by atoms with E-state index in [0.29, 0.717) is 19.2 Å². The molecule has 1 aromatic carbocycles. The van der Waals surface area contributed by atoms with Crippen LogP contribution in [0.25, 0.3) is 0 Å². The van der Waals surface area contributed by atoms with E-state index in [-0.39, 0.29) is 6.61 Å². The van der Waals surface area contributed by atoms with Gasteiger partial charge in [-0.3, -0.25) is 0 Å². The first-order chi connectivity index (χ1) is 12.2. The number of rotatable bonds is 8. The third-order valence-electron chi connectivity index (χ3n) is 4.37. The van der Waals surface area contributed by atoms with Crippen molar-refractivity contribution in [1.29, 1.82) is 0 Å². The van der Waals surface area contributed by atoms with Crippen molar-refractivity contribution in [2.75, 3.05) is 20.3 Å². The summed E-state index contributed by atoms with van der Waals surface area (Å²) >= 11 is 0. The molecule has 2 atom stereocenters. The zero-order chi connectivity index (χ0) is 17.6. The van der Waals surface area contributed by atoms with E-state index < -0.39 is 6.10 Å². The minimum atomic E-state index is -0.548. The van der Waals surface area contributed by atoms with E-state index in [1.807, 2.05) is 35.9 Å². The van der Waals surface area contributed by atoms with Crippen LogP contribution < -0.4 is 10.1 Å². The van der Waals surface area contributed by atoms with Crippen LogP contribution in [-0.4, -0.2) is 52.3 Å². The van der Waals surface area contributed by atoms with Gasteiger partial charge in [0.2, 0.25) is 0 Å². The minimum absolute atomic E-state index is 0.283. The third kappa shape index (κ3) is 4.78. The van der Waals surface area contributed by atoms with Gasteiger partial charge in [0, 0.05) is 24.6 Å². The van der Waals surface area contributed by atoms with Gasteiger partial charge in [0.1, 0.15) is 17.4 Å². The van der Waals surface area contributed by atoms with E-state index >= 15 is 0 Å². The number of nitrogens with one attached hydrogen (secondary N) is 1. The standard InChI is InChI=1S/C18H26N4O3/c1-13-20-18-8-7-15(10-22(18)21-13)19-9-16(23)12-25-11-14-5-3-4-6-17(14)24-2/h3-6,15-16,19,23H,7-12H2,1-2H3. The average Bonchev–Trinajstić information content (AvgIpc) is 2.99. The van der Waals surface area contributed by atoms with Crippen LogP contribution in [0.5, 0.6) is 5.75 Å². The molecule has 2 aromatic rings. The van der Waals surface area contributed by atoms with Gasteiger partial charge in [0.25, 0.3) is 0 Å². The molecule has 0 fully saturated rings. The maximum absolute atomic E-state index is 10.1. The van der Waals surface area contributed by atoms with Crippen LogP contribution in [0.15, 0.2) is 24.3 Å². The molecular weight excluding hydrogens is 320 g/mol. The summed E-state index contributed by atoms with van der Waals surface area (Å²) in [6, 6.07) is 8.04. The van der Waals surface area contributed by atoms with Gasteiger partial charge in [-0.15, -0.1) is 0 Å². The molecule has 136 valence electrons. The third-order valence-corrected chi connectivity index (χ3v) is 4.37. The predicted molar refractivity (Wildman–Crippen MR) is 93.5 cm³/mol. The van der Waals surface area contributed by atoms with Crippen LogP contribution >= 0.6 is 0 Å². The fourth-order valence-electron chi connectivity index (χ4n) is 3.09. The molecule has 1 aliphatic rings. The highest BCUT2D eigenvalue weighted by molar-refractivity contribution is 5.32. The van der Waals surface area contributed by atoms with Gasteiger partial charge in [0.15, 0.2) is 0 Å². The topological polar surface area (TPSA) is 81.4 Å². The number of methoxy groups -OCH3 is 1. The van der Waals surface area contributed by atoms with Crippen molar-refractivity contribution in [2.45, 2.75) is 45.1 Å². The molecule has 2 N–H and O–H groups in total. The molecule has 0 aliphatic carbocycles. The largest absolute Gasteiger partial charge is 0.496 e. The normalized spacial score (nSPS) is 18.0. The maximum Gasteiger partial charge on any atom is 0.147 e. The van der Waals surface area contributed by atoms with Crippen molar-refractivity contribution in [3.05, 3.63) is 41.5 Å². The van der Waals surface area contributed by atoms with Crippen LogP contribution in [0.2, 0.25) is 0 Å². The number of fused-ring (bicyclic) bond motifs is 1. The van der Waals surface area contributed by atoms with Crippen molar-refractivity contribution < 1.29 is 14.6 Å². The lowest BCUT2D eigenvalue weighted by atomic mass is 10.1. The average molecular weight is 346 g/mol. The van der Waals surface area contributed by atoms with Crippen molar-refractivity contribution in [1.82, 2.24) is 20.1 Å². The predicted octanol–water partition coefficient (Wildman–Crippen LogP) is 1.08. The minimum Gasteiger partial charge on any atom is -0.496 e. The Hall–Kier alpha value is -1.96. The summed E-state index contributed by atoms with van der Waals surface area (Å²) in [4.78, 5) is 4.41. The quantitative estimate of drug-likeness (QED) is 0.744. The number of para-hydroxylation sites is 1. The number of aliphatic hydroxyl groups is 1. The first kappa shape index (κ1) is 17.8. The highest BCUT2D eigenvalue weighted by atomic mass is 16.5. The zero-order valence-corrected chi connectivity index (χ0v) is 14.8. The van der Waals surface area contributed by atoms with E-state index in [9.17, 15) is 5.11 Å². The molecule has 2 unspecified atom stereocenters. The van der Waals surface area contributed by atoms with E-state index in [1.165, 1.54) is 0 Å². The van der Waals surface area contributed by atoms with E-state index in [1.54, 1.807) is 7.11 Å². The summed E-state index contributed by atoms with van der Waals surface area (Å²) in [7, 11) is 1.64. The molecule has 25 heavy (non-hydrogen) atoms. The molecule has 7 nitrogen and oxygen atoms in total. The summed E-state index contributed by atoms with van der Waals surface area (Å²) in [5.74, 6) is 2.67. The molecule has 0 saturated carbocycles. The summed E-state index contributed by atoms with van der Waals surface area (Å²) in [5.41, 5.74) is 0.978. The summed E-state index contributed by atoms with van der Waals surface area (Å²) in [6.45, 7) is 3.92. The second kappa shape index (κ2) is 8.42. The fraction of sp³-hybridized carbons (Fsp3) is 0.556. The van der Waals surface area contributed by atoms with Gasteiger partial charge in [-0.2, -0.15) is 5.10 Å². The molecule has 0 spiro atoms. The van der Waals surface area contributed by atoms with Crippen LogP contribution in [0.1, 0.15) is 23.6 Å². The summed E-state index contributed by atoms with van der Waals surface area (Å²) < 4.78 is 12.9. The van der Waals surface area contributed by atoms with E-state index in [2.05, 4.69) is 15.4 Å². The molecule has 2 heterocycles. The number of aliphatic hydroxyl groups excluding tert-OH is 1. The fourth-order valence-corrected chi connectivity index (χ4v) is 3.09. The molecule has 0 radical (unpaired) electrons. The van der Waals surface area contributed by atoms with Gasteiger partial charge >= 0.3 is 0 Å². The van der Waals surface area contributed by atoms with Crippen LogP contribution in [0.3, 0.4) is 0 Å². The highest BCUT2D eigenvalue weighted by Gasteiger charge is 2.21. The van der Waals surface area contributed by atoms with Gasteiger partial charge in [-0.1, -0.05) is 18.2 Å². The Morgan fingerprint density at radius 1 is 1.40 bits per heavy atom. The lowest BCUT2D eigenvalue weighted by Gasteiger charge is -2.24. The van der Waals surface area contributed by atoms with Crippen molar-refractivity contribution in [2.24, 2.45) is 0 Å². The Morgan fingerprint density at radius 3 is 3.08 bits per heavy atom. The first-order valence-corrected chi connectivity index (χ1v) is 8.67. The van der Waals surface area contributed by atoms with Crippen LogP contribution in [-0.2, 0) is 24.3 Å². The molecule has 1 aliphatic heterocycles. The smallest absolute Gasteiger partial charge is 0.147 e. The van der Waals surface area contributed by atoms with Gasteiger partial charge < -0.3 is 19.9 Å². The number of hydrogen-bond acceptors (Lipinski definition) is 6. The van der Waals surface area contributed by atoms with Crippen molar-refractivity contribution in [3.63, 3.8) is 0 Å². The number of aryl methyl sites for hydroxylation is 2. The number of benzene rings is 1. The monoisotopic (exact) mass is 346 g/mol. The molecule has 3 rings (SSSR count). The highest BCUT2D eigenvalue weighted by Crippen LogP contribution is 2.18. The Labute approximate surface area is 148 Å². The summed E-state index contributed by atoms with van der Waals surface area (Å²) in [5, 5.41) is 17.9. The number of ether oxygens (including phenoxy) is 2. The summed E-state index contributed by atoms with van der Waals surface area (Å²) in [6.07, 6.45) is 1.37. The second-order valence-corrected chi connectivity index (χ2v) is 6.38. The molecule has 7 heteroatoms. The Kier molecular flexibility index (Phi) is 6.01. The van der Waals surface area contributed by atoms with E-state index in [4.69, 9.17) is 9.47 Å². The molecule has 0 amide bonds. The number of nitrogens with zero attached hydrogens (tertiary/aromatic N) is 3. The Morgan fingerprint density at radius 2 is 2.24 bits per heavy atom. The number of hydrogen-bond donors (Lipinski definition) is 2. The molecule has 0 saturated heterocycles. The molecular formula is C18H26N4O3. The van der Waals surface area contributed by atoms with Gasteiger partial charge in [0.05, 0.1) is 33.0 Å². The molecule has 0 bridgehead atoms. The van der Waals surface area contributed by atoms with Crippen LogP contribution in [0.4, 0.5) is 0 Å². The molecule has 1 aromatic heterocycles. The second-order valence-electron chi connectivity index (χ2n) is 6.38. The Balaban J connectivity index is 1.38. The lowest BCUT2D eigenvalue weighted by molar-refractivity contribution is 0.0263. The zero-order valence-electron chi connectivity index (χ0n) is 14.8. The van der Waals surface area contributed by atoms with Crippen LogP contribution in [0, 0.1) is 6.92 Å². The van der Waals surface area contributed by atoms with E-state index in [0.717, 1.165) is 42.3 Å². The Bertz CT molecular complexity index is 689. The maximum atomic E-state index is 10.1. The first-order valence-electron chi connectivity index (χ1n) is 8.67. The SMILES string of the molecule is COc1ccccc1COCC(O)CNC1CCc2nc(C)nn2C1. The van der Waals surface area contributed by atoms with Gasteiger partial charge in [-0.05, 0) is 19.4 Å². The number of aromatic nitrogens is 3. The van der Waals surface area contributed by atoms with Crippen molar-refractivity contribution >= 4 is 0 Å².